The molecule has 0 amide bonds. The van der Waals surface area contributed by atoms with Crippen LogP contribution in [0, 0.1) is 0 Å². The highest BCUT2D eigenvalue weighted by Crippen LogP contribution is 2.22. The van der Waals surface area contributed by atoms with Crippen LogP contribution >= 0.6 is 0 Å². The van der Waals surface area contributed by atoms with Crippen molar-refractivity contribution in [3.05, 3.63) is 0 Å². The first kappa shape index (κ1) is 17.9. The second kappa shape index (κ2) is 9.76. The van der Waals surface area contributed by atoms with Gasteiger partial charge in [-0.25, -0.2) is 0 Å². The summed E-state index contributed by atoms with van der Waals surface area (Å²) in [5.41, 5.74) is 0. The lowest BCUT2D eigenvalue weighted by atomic mass is 9.95. The number of ether oxygens (including phenoxy) is 1. The zero-order valence-electron chi connectivity index (χ0n) is 13.2. The van der Waals surface area contributed by atoms with Gasteiger partial charge in [0.05, 0.1) is 13.5 Å². The van der Waals surface area contributed by atoms with Gasteiger partial charge in [0.15, 0.2) is 5.96 Å². The maximum atomic E-state index is 11.9. The summed E-state index contributed by atoms with van der Waals surface area (Å²) in [6, 6.07) is 0.295. The molecule has 1 rings (SSSR count). The number of guanidine groups is 1. The van der Waals surface area contributed by atoms with Crippen LogP contribution in [0.15, 0.2) is 4.99 Å². The summed E-state index contributed by atoms with van der Waals surface area (Å²) < 4.78 is 16.5. The number of nitrogens with zero attached hydrogens (tertiary/aromatic N) is 1. The number of hydrogen-bond donors (Lipinski definition) is 2. The van der Waals surface area contributed by atoms with Crippen LogP contribution in [0.25, 0.3) is 0 Å². The Morgan fingerprint density at radius 3 is 2.81 bits per heavy atom. The molecular formula is C14H27N3O3S. The zero-order valence-corrected chi connectivity index (χ0v) is 14.0. The van der Waals surface area contributed by atoms with Gasteiger partial charge in [0.1, 0.15) is 0 Å². The first-order chi connectivity index (χ1) is 10.1. The van der Waals surface area contributed by atoms with Crippen LogP contribution in [-0.2, 0) is 20.3 Å². The van der Waals surface area contributed by atoms with Crippen molar-refractivity contribution >= 4 is 22.7 Å². The lowest BCUT2D eigenvalue weighted by molar-refractivity contribution is -0.140. The number of hydrogen-bond acceptors (Lipinski definition) is 4. The number of esters is 1. The van der Waals surface area contributed by atoms with E-state index in [9.17, 15) is 9.00 Å². The normalized spacial score (nSPS) is 24.2. The van der Waals surface area contributed by atoms with Gasteiger partial charge >= 0.3 is 5.97 Å². The molecule has 0 aromatic carbocycles. The third-order valence-electron chi connectivity index (χ3n) is 3.70. The first-order valence-electron chi connectivity index (χ1n) is 7.51. The molecule has 2 N–H and O–H groups in total. The van der Waals surface area contributed by atoms with E-state index in [1.165, 1.54) is 7.11 Å². The quantitative estimate of drug-likeness (QED) is 0.430. The van der Waals surface area contributed by atoms with E-state index in [4.69, 9.17) is 0 Å². The summed E-state index contributed by atoms with van der Waals surface area (Å²) in [5.74, 6) is 1.17. The molecule has 1 saturated carbocycles. The van der Waals surface area contributed by atoms with Crippen molar-refractivity contribution in [1.82, 2.24) is 10.6 Å². The van der Waals surface area contributed by atoms with Crippen molar-refractivity contribution in [1.29, 1.82) is 0 Å². The maximum Gasteiger partial charge on any atom is 0.307 e. The van der Waals surface area contributed by atoms with Crippen LogP contribution in [0.5, 0.6) is 0 Å². The number of methoxy groups -OCH3 is 1. The number of aliphatic imine (C=N–C) groups is 1. The lowest BCUT2D eigenvalue weighted by Gasteiger charge is -2.30. The predicted octanol–water partition coefficient (Wildman–Crippen LogP) is 0.794. The van der Waals surface area contributed by atoms with Crippen LogP contribution in [-0.4, -0.2) is 53.9 Å². The minimum absolute atomic E-state index is 0.242. The summed E-state index contributed by atoms with van der Waals surface area (Å²) in [6.07, 6.45) is 4.43. The van der Waals surface area contributed by atoms with E-state index in [2.05, 4.69) is 20.4 Å². The standard InChI is InChI=1S/C14H27N3O3S/c1-4-21(19)12-7-5-6-11(10-12)17-14(15-2)16-9-8-13(18)20-3/h11-12H,4-10H2,1-3H3,(H2,15,16,17). The molecule has 6 nitrogen and oxygen atoms in total. The Balaban J connectivity index is 2.39. The molecule has 3 unspecified atom stereocenters. The molecule has 1 aliphatic rings. The number of nitrogens with one attached hydrogen (secondary N) is 2. The zero-order chi connectivity index (χ0) is 15.7. The van der Waals surface area contributed by atoms with Crippen molar-refractivity contribution in [2.24, 2.45) is 4.99 Å². The van der Waals surface area contributed by atoms with E-state index >= 15 is 0 Å². The number of carbonyl (C=O) groups excluding carboxylic acids is 1. The van der Waals surface area contributed by atoms with Crippen molar-refractivity contribution in [2.75, 3.05) is 26.5 Å². The Hall–Kier alpha value is -1.11. The fourth-order valence-electron chi connectivity index (χ4n) is 2.52. The van der Waals surface area contributed by atoms with Crippen LogP contribution < -0.4 is 10.6 Å². The minimum Gasteiger partial charge on any atom is -0.469 e. The van der Waals surface area contributed by atoms with Gasteiger partial charge in [-0.3, -0.25) is 14.0 Å². The molecule has 122 valence electrons. The van der Waals surface area contributed by atoms with Gasteiger partial charge in [-0.1, -0.05) is 13.3 Å². The van der Waals surface area contributed by atoms with Crippen molar-refractivity contribution in [3.63, 3.8) is 0 Å². The topological polar surface area (TPSA) is 79.8 Å². The Morgan fingerprint density at radius 1 is 1.43 bits per heavy atom. The van der Waals surface area contributed by atoms with Gasteiger partial charge in [-0.05, 0) is 19.3 Å². The number of carbonyl (C=O) groups is 1. The van der Waals surface area contributed by atoms with Gasteiger partial charge in [-0.15, -0.1) is 0 Å². The van der Waals surface area contributed by atoms with E-state index < -0.39 is 10.8 Å². The average molecular weight is 317 g/mol. The molecular weight excluding hydrogens is 290 g/mol. The molecule has 21 heavy (non-hydrogen) atoms. The Kier molecular flexibility index (Phi) is 8.34. The molecule has 0 aliphatic heterocycles. The highest BCUT2D eigenvalue weighted by molar-refractivity contribution is 7.85. The van der Waals surface area contributed by atoms with Gasteiger partial charge in [0, 0.05) is 41.4 Å². The van der Waals surface area contributed by atoms with Crippen LogP contribution in [0.1, 0.15) is 39.0 Å². The molecule has 7 heteroatoms. The molecule has 0 heterocycles. The molecule has 0 saturated heterocycles. The largest absolute Gasteiger partial charge is 0.469 e. The van der Waals surface area contributed by atoms with Crippen LogP contribution in [0.3, 0.4) is 0 Å². The maximum absolute atomic E-state index is 11.9. The summed E-state index contributed by atoms with van der Waals surface area (Å²) in [5, 5.41) is 6.75. The second-order valence-electron chi connectivity index (χ2n) is 5.12. The molecule has 0 bridgehead atoms. The summed E-state index contributed by atoms with van der Waals surface area (Å²) >= 11 is 0. The van der Waals surface area contributed by atoms with E-state index in [1.807, 2.05) is 6.92 Å². The molecule has 1 aliphatic carbocycles. The minimum atomic E-state index is -0.725. The van der Waals surface area contributed by atoms with E-state index in [0.717, 1.165) is 31.4 Å². The van der Waals surface area contributed by atoms with E-state index in [0.29, 0.717) is 25.0 Å². The molecule has 0 aromatic heterocycles. The molecule has 0 spiro atoms. The van der Waals surface area contributed by atoms with E-state index in [-0.39, 0.29) is 11.2 Å². The molecule has 1 fully saturated rings. The average Bonchev–Trinajstić information content (AvgIpc) is 2.53. The summed E-state index contributed by atoms with van der Waals surface area (Å²) in [7, 11) is 2.36. The van der Waals surface area contributed by atoms with Crippen molar-refractivity contribution in [3.8, 4) is 0 Å². The van der Waals surface area contributed by atoms with Crippen molar-refractivity contribution < 1.29 is 13.7 Å². The summed E-state index contributed by atoms with van der Waals surface area (Å²) in [4.78, 5) is 15.2. The van der Waals surface area contributed by atoms with E-state index in [1.54, 1.807) is 7.05 Å². The van der Waals surface area contributed by atoms with Gasteiger partial charge < -0.3 is 15.4 Å². The molecule has 3 atom stereocenters. The first-order valence-corrected chi connectivity index (χ1v) is 8.90. The van der Waals surface area contributed by atoms with Crippen molar-refractivity contribution in [2.45, 2.75) is 50.3 Å². The fourth-order valence-corrected chi connectivity index (χ4v) is 3.87. The lowest BCUT2D eigenvalue weighted by Crippen LogP contribution is -2.47. The van der Waals surface area contributed by atoms with Crippen LogP contribution in [0.4, 0.5) is 0 Å². The third kappa shape index (κ3) is 6.46. The predicted molar refractivity (Wildman–Crippen MR) is 85.9 cm³/mol. The fraction of sp³-hybridized carbons (Fsp3) is 0.857. The Morgan fingerprint density at radius 2 is 2.19 bits per heavy atom. The summed E-state index contributed by atoms with van der Waals surface area (Å²) in [6.45, 7) is 2.46. The highest BCUT2D eigenvalue weighted by atomic mass is 32.2. The Bertz CT molecular complexity index is 388. The molecule has 0 radical (unpaired) electrons. The monoisotopic (exact) mass is 317 g/mol. The second-order valence-corrected chi connectivity index (χ2v) is 7.13. The van der Waals surface area contributed by atoms with Gasteiger partial charge in [-0.2, -0.15) is 0 Å². The van der Waals surface area contributed by atoms with Gasteiger partial charge in [0.2, 0.25) is 0 Å². The van der Waals surface area contributed by atoms with Crippen LogP contribution in [0.2, 0.25) is 0 Å². The number of rotatable bonds is 6. The third-order valence-corrected chi connectivity index (χ3v) is 5.44. The SMILES string of the molecule is CCS(=O)C1CCCC(NC(=NC)NCCC(=O)OC)C1. The highest BCUT2D eigenvalue weighted by Gasteiger charge is 2.25. The Labute approximate surface area is 129 Å². The molecule has 0 aromatic rings. The van der Waals surface area contributed by atoms with Gasteiger partial charge in [0.25, 0.3) is 0 Å². The smallest absolute Gasteiger partial charge is 0.307 e.